The predicted octanol–water partition coefficient (Wildman–Crippen LogP) is 3.40. The third-order valence-electron chi connectivity index (χ3n) is 5.27. The number of H-pyrrole nitrogens is 1. The molecule has 0 radical (unpaired) electrons. The lowest BCUT2D eigenvalue weighted by molar-refractivity contribution is 0.199. The van der Waals surface area contributed by atoms with Gasteiger partial charge in [-0.2, -0.15) is 5.10 Å². The van der Waals surface area contributed by atoms with Gasteiger partial charge in [0.1, 0.15) is 0 Å². The van der Waals surface area contributed by atoms with Gasteiger partial charge in [0, 0.05) is 43.2 Å². The lowest BCUT2D eigenvalue weighted by atomic mass is 9.96. The molecule has 1 aliphatic heterocycles. The molecule has 0 aliphatic carbocycles. The van der Waals surface area contributed by atoms with E-state index < -0.39 is 0 Å². The number of aromatic nitrogens is 4. The molecule has 1 aliphatic rings. The predicted molar refractivity (Wildman–Crippen MR) is 101 cm³/mol. The second-order valence-electron chi connectivity index (χ2n) is 6.92. The summed E-state index contributed by atoms with van der Waals surface area (Å²) in [6, 6.07) is 12.7. The molecule has 0 fully saturated rings. The number of imidazole rings is 1. The summed E-state index contributed by atoms with van der Waals surface area (Å²) < 4.78 is 7.34. The molecule has 1 N–H and O–H groups in total. The van der Waals surface area contributed by atoms with E-state index in [1.54, 1.807) is 12.6 Å². The summed E-state index contributed by atoms with van der Waals surface area (Å²) in [7, 11) is 0. The molecule has 0 saturated carbocycles. The van der Waals surface area contributed by atoms with E-state index in [4.69, 9.17) is 4.42 Å². The first kappa shape index (κ1) is 16.1. The van der Waals surface area contributed by atoms with Crippen LogP contribution >= 0.6 is 0 Å². The zero-order chi connectivity index (χ0) is 18.1. The van der Waals surface area contributed by atoms with Crippen LogP contribution in [0.2, 0.25) is 0 Å². The molecule has 0 bridgehead atoms. The summed E-state index contributed by atoms with van der Waals surface area (Å²) in [6.07, 6.45) is 10.2. The molecule has 0 amide bonds. The topological polar surface area (TPSA) is 62.9 Å². The molecule has 27 heavy (non-hydrogen) atoms. The Balaban J connectivity index is 1.47. The normalized spacial score (nSPS) is 17.1. The van der Waals surface area contributed by atoms with Gasteiger partial charge in [-0.1, -0.05) is 24.3 Å². The van der Waals surface area contributed by atoms with Crippen LogP contribution in [0, 0.1) is 0 Å². The number of hydrogen-bond acceptors (Lipinski definition) is 4. The summed E-state index contributed by atoms with van der Waals surface area (Å²) in [5, 5.41) is 4.35. The molecule has 0 saturated heterocycles. The van der Waals surface area contributed by atoms with Crippen molar-refractivity contribution < 1.29 is 4.42 Å². The number of rotatable bonds is 5. The highest BCUT2D eigenvalue weighted by molar-refractivity contribution is 5.32. The number of nitrogens with zero attached hydrogens (tertiary/aromatic N) is 4. The van der Waals surface area contributed by atoms with Crippen molar-refractivity contribution in [1.82, 2.24) is 24.6 Å². The third kappa shape index (κ3) is 3.08. The SMILES string of the molecule is c1ccc(Cn2cccn2)c(CN2CCc3[nH]cnc3C2c2ccoc2)c1. The molecule has 4 heterocycles. The van der Waals surface area contributed by atoms with Crippen LogP contribution in [0.1, 0.15) is 34.1 Å². The van der Waals surface area contributed by atoms with E-state index in [1.807, 2.05) is 35.5 Å². The summed E-state index contributed by atoms with van der Waals surface area (Å²) in [4.78, 5) is 10.4. The van der Waals surface area contributed by atoms with Gasteiger partial charge < -0.3 is 9.40 Å². The van der Waals surface area contributed by atoms with E-state index in [0.717, 1.165) is 37.3 Å². The third-order valence-corrected chi connectivity index (χ3v) is 5.27. The Bertz CT molecular complexity index is 1000. The molecule has 0 spiro atoms. The van der Waals surface area contributed by atoms with Crippen LogP contribution in [0.15, 0.2) is 72.1 Å². The van der Waals surface area contributed by atoms with Crippen LogP contribution in [0.3, 0.4) is 0 Å². The number of hydrogen-bond donors (Lipinski definition) is 1. The monoisotopic (exact) mass is 359 g/mol. The Morgan fingerprint density at radius 1 is 1.11 bits per heavy atom. The Kier molecular flexibility index (Phi) is 4.10. The fourth-order valence-corrected chi connectivity index (χ4v) is 3.95. The molecular weight excluding hydrogens is 338 g/mol. The molecule has 6 heteroatoms. The molecule has 1 unspecified atom stereocenters. The van der Waals surface area contributed by atoms with Gasteiger partial charge in [0.15, 0.2) is 0 Å². The van der Waals surface area contributed by atoms with Gasteiger partial charge in [-0.25, -0.2) is 4.98 Å². The Hall–Kier alpha value is -3.12. The van der Waals surface area contributed by atoms with Crippen molar-refractivity contribution >= 4 is 0 Å². The number of nitrogens with one attached hydrogen (secondary N) is 1. The van der Waals surface area contributed by atoms with Crippen LogP contribution in [-0.4, -0.2) is 31.2 Å². The maximum absolute atomic E-state index is 5.38. The molecule has 6 nitrogen and oxygen atoms in total. The van der Waals surface area contributed by atoms with Crippen molar-refractivity contribution in [2.24, 2.45) is 0 Å². The summed E-state index contributed by atoms with van der Waals surface area (Å²) in [5.41, 5.74) is 6.09. The highest BCUT2D eigenvalue weighted by Crippen LogP contribution is 2.34. The minimum atomic E-state index is 0.108. The Morgan fingerprint density at radius 2 is 2.00 bits per heavy atom. The second-order valence-corrected chi connectivity index (χ2v) is 6.92. The van der Waals surface area contributed by atoms with E-state index in [2.05, 4.69) is 44.2 Å². The number of fused-ring (bicyclic) bond motifs is 1. The van der Waals surface area contributed by atoms with Gasteiger partial charge in [-0.3, -0.25) is 9.58 Å². The van der Waals surface area contributed by atoms with Gasteiger partial charge in [0.2, 0.25) is 0 Å². The zero-order valence-electron chi connectivity index (χ0n) is 15.0. The highest BCUT2D eigenvalue weighted by Gasteiger charge is 2.31. The van der Waals surface area contributed by atoms with Gasteiger partial charge in [-0.05, 0) is 23.3 Å². The zero-order valence-corrected chi connectivity index (χ0v) is 15.0. The van der Waals surface area contributed by atoms with Crippen LogP contribution in [-0.2, 0) is 19.5 Å². The minimum absolute atomic E-state index is 0.108. The van der Waals surface area contributed by atoms with Crippen molar-refractivity contribution in [3.8, 4) is 0 Å². The average molecular weight is 359 g/mol. The van der Waals surface area contributed by atoms with Gasteiger partial charge in [0.05, 0.1) is 37.1 Å². The molecule has 5 rings (SSSR count). The van der Waals surface area contributed by atoms with Crippen LogP contribution < -0.4 is 0 Å². The van der Waals surface area contributed by atoms with Crippen molar-refractivity contribution in [2.45, 2.75) is 25.6 Å². The van der Waals surface area contributed by atoms with Gasteiger partial charge in [-0.15, -0.1) is 0 Å². The summed E-state index contributed by atoms with van der Waals surface area (Å²) in [5.74, 6) is 0. The number of furan rings is 1. The largest absolute Gasteiger partial charge is 0.472 e. The van der Waals surface area contributed by atoms with E-state index >= 15 is 0 Å². The van der Waals surface area contributed by atoms with Crippen molar-refractivity contribution in [2.75, 3.05) is 6.54 Å². The van der Waals surface area contributed by atoms with Crippen molar-refractivity contribution in [1.29, 1.82) is 0 Å². The molecule has 1 atom stereocenters. The fourth-order valence-electron chi connectivity index (χ4n) is 3.95. The maximum atomic E-state index is 5.38. The molecular formula is C21H21N5O. The van der Waals surface area contributed by atoms with E-state index in [-0.39, 0.29) is 6.04 Å². The van der Waals surface area contributed by atoms with E-state index in [0.29, 0.717) is 0 Å². The first-order chi connectivity index (χ1) is 13.4. The lowest BCUT2D eigenvalue weighted by Crippen LogP contribution is -2.36. The fraction of sp³-hybridized carbons (Fsp3) is 0.238. The Labute approximate surface area is 157 Å². The van der Waals surface area contributed by atoms with Crippen molar-refractivity contribution in [3.63, 3.8) is 0 Å². The highest BCUT2D eigenvalue weighted by atomic mass is 16.3. The average Bonchev–Trinajstić information content (AvgIpc) is 3.46. The lowest BCUT2D eigenvalue weighted by Gasteiger charge is -2.35. The van der Waals surface area contributed by atoms with Crippen LogP contribution in [0.5, 0.6) is 0 Å². The summed E-state index contributed by atoms with van der Waals surface area (Å²) in [6.45, 7) is 2.61. The molecule has 1 aromatic carbocycles. The van der Waals surface area contributed by atoms with Gasteiger partial charge >= 0.3 is 0 Å². The van der Waals surface area contributed by atoms with E-state index in [9.17, 15) is 0 Å². The number of benzene rings is 1. The van der Waals surface area contributed by atoms with Crippen LogP contribution in [0.25, 0.3) is 0 Å². The minimum Gasteiger partial charge on any atom is -0.472 e. The maximum Gasteiger partial charge on any atom is 0.0954 e. The smallest absolute Gasteiger partial charge is 0.0954 e. The van der Waals surface area contributed by atoms with Crippen molar-refractivity contribution in [3.05, 3.63) is 95.7 Å². The first-order valence-corrected chi connectivity index (χ1v) is 9.21. The molecule has 3 aromatic heterocycles. The Morgan fingerprint density at radius 3 is 2.78 bits per heavy atom. The molecule has 4 aromatic rings. The quantitative estimate of drug-likeness (QED) is 0.593. The van der Waals surface area contributed by atoms with E-state index in [1.165, 1.54) is 16.8 Å². The second kappa shape index (κ2) is 6.89. The first-order valence-electron chi connectivity index (χ1n) is 9.21. The molecule has 136 valence electrons. The summed E-state index contributed by atoms with van der Waals surface area (Å²) >= 11 is 0. The van der Waals surface area contributed by atoms with Gasteiger partial charge in [0.25, 0.3) is 0 Å². The number of aromatic amines is 1. The van der Waals surface area contributed by atoms with Crippen LogP contribution in [0.4, 0.5) is 0 Å². The standard InChI is InChI=1S/C21H21N5O/c1-2-5-17(13-26-9-3-8-24-26)16(4-1)12-25-10-6-19-20(23-15-22-19)21(25)18-7-11-27-14-18/h1-5,7-9,11,14-15,21H,6,10,12-13H2,(H,22,23).